The minimum Gasteiger partial charge on any atom is -0.452 e. The summed E-state index contributed by atoms with van der Waals surface area (Å²) in [7, 11) is -3.79. The van der Waals surface area contributed by atoms with Crippen LogP contribution in [0.25, 0.3) is 0 Å². The molecule has 1 N–H and O–H groups in total. The van der Waals surface area contributed by atoms with Gasteiger partial charge in [-0.15, -0.1) is 0 Å². The second kappa shape index (κ2) is 10.2. The van der Waals surface area contributed by atoms with Gasteiger partial charge in [0.15, 0.2) is 6.61 Å². The van der Waals surface area contributed by atoms with E-state index in [1.54, 1.807) is 0 Å². The Morgan fingerprint density at radius 1 is 0.971 bits per heavy atom. The number of fused-ring (bicyclic) bond motifs is 1. The third-order valence-corrected chi connectivity index (χ3v) is 7.66. The van der Waals surface area contributed by atoms with Gasteiger partial charge in [-0.1, -0.05) is 60.7 Å². The van der Waals surface area contributed by atoms with Gasteiger partial charge in [-0.25, -0.2) is 13.2 Å². The van der Waals surface area contributed by atoms with Crippen LogP contribution in [0.4, 0.5) is 0 Å². The highest BCUT2D eigenvalue weighted by Gasteiger charge is 2.29. The molecule has 176 valence electrons. The number of rotatable bonds is 7. The summed E-state index contributed by atoms with van der Waals surface area (Å²) in [4.78, 5) is 24.7. The molecule has 4 rings (SSSR count). The lowest BCUT2D eigenvalue weighted by molar-refractivity contribution is -0.124. The van der Waals surface area contributed by atoms with Crippen molar-refractivity contribution >= 4 is 21.9 Å². The fourth-order valence-corrected chi connectivity index (χ4v) is 5.40. The van der Waals surface area contributed by atoms with Crippen LogP contribution >= 0.6 is 0 Å². The summed E-state index contributed by atoms with van der Waals surface area (Å²) < 4.78 is 32.9. The average Bonchev–Trinajstić information content (AvgIpc) is 2.87. The lowest BCUT2D eigenvalue weighted by atomic mass is 10.0. The maximum absolute atomic E-state index is 13.2. The monoisotopic (exact) mass is 478 g/mol. The van der Waals surface area contributed by atoms with Gasteiger partial charge in [-0.05, 0) is 48.2 Å². The van der Waals surface area contributed by atoms with Crippen LogP contribution in [-0.2, 0) is 32.5 Å². The number of carbonyl (C=O) groups excluding carboxylic acids is 2. The largest absolute Gasteiger partial charge is 0.452 e. The molecule has 1 atom stereocenters. The molecular formula is C26H26N2O5S. The summed E-state index contributed by atoms with van der Waals surface area (Å²) in [5.41, 5.74) is 3.12. The fourth-order valence-electron chi connectivity index (χ4n) is 3.93. The molecule has 1 aliphatic rings. The minimum atomic E-state index is -3.79. The third-order valence-electron chi connectivity index (χ3n) is 5.81. The topological polar surface area (TPSA) is 92.8 Å². The van der Waals surface area contributed by atoms with Crippen molar-refractivity contribution < 1.29 is 22.7 Å². The summed E-state index contributed by atoms with van der Waals surface area (Å²) in [6, 6.07) is 22.7. The maximum Gasteiger partial charge on any atom is 0.338 e. The molecule has 8 heteroatoms. The number of nitrogens with zero attached hydrogens (tertiary/aromatic N) is 1. The van der Waals surface area contributed by atoms with Crippen molar-refractivity contribution in [1.82, 2.24) is 9.62 Å². The number of nitrogens with one attached hydrogen (secondary N) is 1. The van der Waals surface area contributed by atoms with E-state index in [1.807, 2.05) is 61.5 Å². The van der Waals surface area contributed by atoms with Gasteiger partial charge in [0, 0.05) is 13.1 Å². The first-order valence-electron chi connectivity index (χ1n) is 11.0. The molecule has 1 heterocycles. The van der Waals surface area contributed by atoms with E-state index in [1.165, 1.54) is 28.6 Å². The van der Waals surface area contributed by atoms with Crippen molar-refractivity contribution in [2.75, 3.05) is 13.2 Å². The van der Waals surface area contributed by atoms with Gasteiger partial charge in [-0.3, -0.25) is 4.79 Å². The van der Waals surface area contributed by atoms with Crippen LogP contribution in [0.15, 0.2) is 83.8 Å². The molecule has 0 radical (unpaired) electrons. The Labute approximate surface area is 199 Å². The van der Waals surface area contributed by atoms with Crippen LogP contribution in [0, 0.1) is 0 Å². The third kappa shape index (κ3) is 5.35. The van der Waals surface area contributed by atoms with Gasteiger partial charge in [-0.2, -0.15) is 4.31 Å². The Kier molecular flexibility index (Phi) is 7.09. The average molecular weight is 479 g/mol. The van der Waals surface area contributed by atoms with Crippen LogP contribution in [0.1, 0.15) is 40.0 Å². The van der Waals surface area contributed by atoms with Crippen molar-refractivity contribution in [2.45, 2.75) is 30.8 Å². The van der Waals surface area contributed by atoms with Crippen molar-refractivity contribution in [2.24, 2.45) is 0 Å². The fraction of sp³-hybridized carbons (Fsp3) is 0.231. The van der Waals surface area contributed by atoms with Crippen LogP contribution in [0.3, 0.4) is 0 Å². The molecule has 0 aliphatic carbocycles. The smallest absolute Gasteiger partial charge is 0.338 e. The Morgan fingerprint density at radius 2 is 1.68 bits per heavy atom. The normalized spacial score (nSPS) is 14.6. The number of carbonyl (C=O) groups is 2. The Bertz CT molecular complexity index is 1290. The van der Waals surface area contributed by atoms with E-state index in [2.05, 4.69) is 5.32 Å². The summed E-state index contributed by atoms with van der Waals surface area (Å²) >= 11 is 0. The van der Waals surface area contributed by atoms with Gasteiger partial charge in [0.05, 0.1) is 16.5 Å². The molecule has 3 aromatic rings. The zero-order valence-corrected chi connectivity index (χ0v) is 19.6. The summed E-state index contributed by atoms with van der Waals surface area (Å²) in [6.45, 7) is 2.03. The molecule has 0 aromatic heterocycles. The number of esters is 1. The van der Waals surface area contributed by atoms with Crippen molar-refractivity contribution in [3.8, 4) is 0 Å². The van der Waals surface area contributed by atoms with E-state index in [0.717, 1.165) is 16.7 Å². The lowest BCUT2D eigenvalue weighted by Crippen LogP contribution is -2.36. The van der Waals surface area contributed by atoms with Crippen molar-refractivity contribution in [3.05, 3.63) is 101 Å². The second-order valence-corrected chi connectivity index (χ2v) is 10.1. The van der Waals surface area contributed by atoms with E-state index in [-0.39, 0.29) is 23.0 Å². The van der Waals surface area contributed by atoms with E-state index in [0.29, 0.717) is 13.0 Å². The van der Waals surface area contributed by atoms with E-state index in [9.17, 15) is 18.0 Å². The second-order valence-electron chi connectivity index (χ2n) is 8.16. The first-order valence-corrected chi connectivity index (χ1v) is 12.5. The first-order chi connectivity index (χ1) is 16.3. The summed E-state index contributed by atoms with van der Waals surface area (Å²) in [5.74, 6) is -1.20. The predicted octanol–water partition coefficient (Wildman–Crippen LogP) is 3.47. The molecule has 0 bridgehead atoms. The molecular weight excluding hydrogens is 452 g/mol. The zero-order chi connectivity index (χ0) is 24.1. The number of hydrogen-bond acceptors (Lipinski definition) is 5. The van der Waals surface area contributed by atoms with Gasteiger partial charge in [0.1, 0.15) is 0 Å². The lowest BCUT2D eigenvalue weighted by Gasteiger charge is -2.28. The molecule has 0 fully saturated rings. The Balaban J connectivity index is 1.39. The van der Waals surface area contributed by atoms with Crippen LogP contribution < -0.4 is 5.32 Å². The number of benzene rings is 3. The minimum absolute atomic E-state index is 0.0171. The highest BCUT2D eigenvalue weighted by Crippen LogP contribution is 2.25. The molecule has 1 aliphatic heterocycles. The predicted molar refractivity (Wildman–Crippen MR) is 127 cm³/mol. The number of ether oxygens (including phenoxy) is 1. The van der Waals surface area contributed by atoms with E-state index >= 15 is 0 Å². The molecule has 3 aromatic carbocycles. The highest BCUT2D eigenvalue weighted by atomic mass is 32.2. The molecule has 0 saturated carbocycles. The quantitative estimate of drug-likeness (QED) is 0.525. The standard InChI is InChI=1S/C26H26N2O5S/c1-19(20-8-3-2-4-9-20)27-25(29)18-33-26(30)22-12-7-13-24(16-22)34(31,32)28-15-14-21-10-5-6-11-23(21)17-28/h2-13,16,19H,14-15,17-18H2,1H3,(H,27,29)/t19-/m0/s1. The number of sulfonamides is 1. The van der Waals surface area contributed by atoms with E-state index in [4.69, 9.17) is 4.74 Å². The van der Waals surface area contributed by atoms with Gasteiger partial charge >= 0.3 is 5.97 Å². The first kappa shape index (κ1) is 23.7. The van der Waals surface area contributed by atoms with Crippen LogP contribution in [-0.4, -0.2) is 37.8 Å². The summed E-state index contributed by atoms with van der Waals surface area (Å²) in [6.07, 6.45) is 0.633. The maximum atomic E-state index is 13.2. The zero-order valence-electron chi connectivity index (χ0n) is 18.8. The van der Waals surface area contributed by atoms with Gasteiger partial charge in [0.2, 0.25) is 10.0 Å². The summed E-state index contributed by atoms with van der Waals surface area (Å²) in [5, 5.41) is 2.77. The Hall–Kier alpha value is -3.49. The molecule has 1 amide bonds. The van der Waals surface area contributed by atoms with E-state index < -0.39 is 28.5 Å². The van der Waals surface area contributed by atoms with Crippen molar-refractivity contribution in [1.29, 1.82) is 0 Å². The molecule has 0 saturated heterocycles. The Morgan fingerprint density at radius 3 is 2.44 bits per heavy atom. The SMILES string of the molecule is C[C@H](NC(=O)COC(=O)c1cccc(S(=O)(=O)N2CCc3ccccc3C2)c1)c1ccccc1. The molecule has 0 spiro atoms. The highest BCUT2D eigenvalue weighted by molar-refractivity contribution is 7.89. The molecule has 7 nitrogen and oxygen atoms in total. The van der Waals surface area contributed by atoms with Gasteiger partial charge < -0.3 is 10.1 Å². The van der Waals surface area contributed by atoms with Crippen LogP contribution in [0.2, 0.25) is 0 Å². The number of hydrogen-bond donors (Lipinski definition) is 1. The molecule has 0 unspecified atom stereocenters. The molecule has 34 heavy (non-hydrogen) atoms. The number of amides is 1. The van der Waals surface area contributed by atoms with Crippen LogP contribution in [0.5, 0.6) is 0 Å². The van der Waals surface area contributed by atoms with Crippen molar-refractivity contribution in [3.63, 3.8) is 0 Å². The van der Waals surface area contributed by atoms with Gasteiger partial charge in [0.25, 0.3) is 5.91 Å².